The predicted molar refractivity (Wildman–Crippen MR) is 72.4 cm³/mol. The molecule has 3 aromatic rings. The van der Waals surface area contributed by atoms with Gasteiger partial charge in [-0.15, -0.1) is 5.16 Å². The van der Waals surface area contributed by atoms with E-state index in [9.17, 15) is 0 Å². The van der Waals surface area contributed by atoms with Crippen LogP contribution in [0.25, 0.3) is 21.9 Å². The Balaban J connectivity index is 2.24. The maximum atomic E-state index is 8.59. The molecule has 2 aromatic carbocycles. The summed E-state index contributed by atoms with van der Waals surface area (Å²) in [5, 5.41) is 13.9. The van der Waals surface area contributed by atoms with Gasteiger partial charge in [0.05, 0.1) is 6.21 Å². The van der Waals surface area contributed by atoms with E-state index in [1.54, 1.807) is 0 Å². The van der Waals surface area contributed by atoms with Crippen molar-refractivity contribution in [1.82, 2.24) is 0 Å². The van der Waals surface area contributed by atoms with Crippen LogP contribution in [-0.4, -0.2) is 11.4 Å². The molecule has 0 aliphatic rings. The zero-order chi connectivity index (χ0) is 12.5. The van der Waals surface area contributed by atoms with Crippen LogP contribution in [0.2, 0.25) is 0 Å². The number of oxime groups is 1. The first kappa shape index (κ1) is 10.8. The molecule has 0 bridgehead atoms. The number of benzene rings is 2. The Labute approximate surface area is 104 Å². The molecule has 0 saturated carbocycles. The van der Waals surface area contributed by atoms with Crippen molar-refractivity contribution in [3.05, 3.63) is 48.0 Å². The topological polar surface area (TPSA) is 45.7 Å². The number of furan rings is 1. The summed E-state index contributed by atoms with van der Waals surface area (Å²) < 4.78 is 5.76. The number of hydrogen-bond acceptors (Lipinski definition) is 3. The molecule has 90 valence electrons. The smallest absolute Gasteiger partial charge is 0.135 e. The van der Waals surface area contributed by atoms with Crippen molar-refractivity contribution >= 4 is 28.2 Å². The van der Waals surface area contributed by atoms with Gasteiger partial charge >= 0.3 is 0 Å². The number of fused-ring (bicyclic) bond motifs is 3. The van der Waals surface area contributed by atoms with E-state index in [4.69, 9.17) is 9.62 Å². The highest BCUT2D eigenvalue weighted by Crippen LogP contribution is 2.30. The van der Waals surface area contributed by atoms with Crippen LogP contribution in [0.1, 0.15) is 18.4 Å². The van der Waals surface area contributed by atoms with Gasteiger partial charge in [-0.2, -0.15) is 0 Å². The van der Waals surface area contributed by atoms with Crippen molar-refractivity contribution in [2.75, 3.05) is 0 Å². The molecule has 3 rings (SSSR count). The molecule has 3 nitrogen and oxygen atoms in total. The molecule has 1 unspecified atom stereocenters. The van der Waals surface area contributed by atoms with Crippen LogP contribution < -0.4 is 0 Å². The van der Waals surface area contributed by atoms with Crippen LogP contribution in [0.15, 0.2) is 52.0 Å². The zero-order valence-corrected chi connectivity index (χ0v) is 10.00. The van der Waals surface area contributed by atoms with Gasteiger partial charge in [0.25, 0.3) is 0 Å². The summed E-state index contributed by atoms with van der Waals surface area (Å²) in [4.78, 5) is 0. The third-order valence-electron chi connectivity index (χ3n) is 3.22. The summed E-state index contributed by atoms with van der Waals surface area (Å²) in [7, 11) is 0. The van der Waals surface area contributed by atoms with Gasteiger partial charge in [0.2, 0.25) is 0 Å². The van der Waals surface area contributed by atoms with Gasteiger partial charge in [0.1, 0.15) is 11.2 Å². The van der Waals surface area contributed by atoms with Crippen LogP contribution >= 0.6 is 0 Å². The molecule has 1 heterocycles. The maximum absolute atomic E-state index is 8.59. The second-order valence-corrected chi connectivity index (χ2v) is 4.41. The molecule has 1 aromatic heterocycles. The van der Waals surface area contributed by atoms with Crippen molar-refractivity contribution in [3.8, 4) is 0 Å². The van der Waals surface area contributed by atoms with E-state index in [0.717, 1.165) is 27.5 Å². The lowest BCUT2D eigenvalue weighted by molar-refractivity contribution is 0.320. The Morgan fingerprint density at radius 3 is 2.72 bits per heavy atom. The second kappa shape index (κ2) is 4.18. The SMILES string of the molecule is CC(C=NO)c1ccc2oc3ccccc3c2c1. The van der Waals surface area contributed by atoms with Crippen molar-refractivity contribution in [2.45, 2.75) is 12.8 Å². The van der Waals surface area contributed by atoms with Crippen molar-refractivity contribution in [3.63, 3.8) is 0 Å². The number of para-hydroxylation sites is 1. The third kappa shape index (κ3) is 1.64. The van der Waals surface area contributed by atoms with E-state index in [0.29, 0.717) is 0 Å². The van der Waals surface area contributed by atoms with Crippen LogP contribution in [0.4, 0.5) is 0 Å². The normalized spacial score (nSPS) is 13.6. The third-order valence-corrected chi connectivity index (χ3v) is 3.22. The van der Waals surface area contributed by atoms with E-state index in [1.165, 1.54) is 6.21 Å². The van der Waals surface area contributed by atoms with Crippen molar-refractivity contribution in [1.29, 1.82) is 0 Å². The summed E-state index contributed by atoms with van der Waals surface area (Å²) in [6, 6.07) is 14.0. The van der Waals surface area contributed by atoms with Crippen molar-refractivity contribution in [2.24, 2.45) is 5.16 Å². The quantitative estimate of drug-likeness (QED) is 0.415. The van der Waals surface area contributed by atoms with Gasteiger partial charge in [0, 0.05) is 16.7 Å². The van der Waals surface area contributed by atoms with E-state index in [1.807, 2.05) is 37.3 Å². The molecular formula is C15H13NO2. The number of nitrogens with zero attached hydrogens (tertiary/aromatic N) is 1. The van der Waals surface area contributed by atoms with Crippen LogP contribution in [0.5, 0.6) is 0 Å². The molecule has 0 saturated heterocycles. The van der Waals surface area contributed by atoms with Gasteiger partial charge in [0.15, 0.2) is 0 Å². The highest BCUT2D eigenvalue weighted by molar-refractivity contribution is 6.05. The molecule has 0 aliphatic heterocycles. The first-order chi connectivity index (χ1) is 8.79. The predicted octanol–water partition coefficient (Wildman–Crippen LogP) is 4.15. The second-order valence-electron chi connectivity index (χ2n) is 4.41. The highest BCUT2D eigenvalue weighted by atomic mass is 16.4. The lowest BCUT2D eigenvalue weighted by atomic mass is 10.00. The molecule has 0 spiro atoms. The molecule has 0 fully saturated rings. The average Bonchev–Trinajstić information content (AvgIpc) is 2.76. The summed E-state index contributed by atoms with van der Waals surface area (Å²) in [5.41, 5.74) is 2.88. The zero-order valence-electron chi connectivity index (χ0n) is 10.00. The molecule has 1 atom stereocenters. The molecular weight excluding hydrogens is 226 g/mol. The molecule has 0 amide bonds. The molecule has 3 heteroatoms. The average molecular weight is 239 g/mol. The molecule has 0 radical (unpaired) electrons. The standard InChI is InChI=1S/C15H13NO2/c1-10(9-16-17)11-6-7-15-13(8-11)12-4-2-3-5-14(12)18-15/h2-10,17H,1H3. The minimum absolute atomic E-state index is 0.0769. The van der Waals surface area contributed by atoms with Gasteiger partial charge in [-0.05, 0) is 23.8 Å². The summed E-state index contributed by atoms with van der Waals surface area (Å²) >= 11 is 0. The van der Waals surface area contributed by atoms with Crippen LogP contribution in [0.3, 0.4) is 0 Å². The van der Waals surface area contributed by atoms with E-state index in [-0.39, 0.29) is 5.92 Å². The minimum atomic E-state index is 0.0769. The van der Waals surface area contributed by atoms with E-state index >= 15 is 0 Å². The molecule has 0 aliphatic carbocycles. The Hall–Kier alpha value is -2.29. The van der Waals surface area contributed by atoms with Gasteiger partial charge in [-0.3, -0.25) is 0 Å². The minimum Gasteiger partial charge on any atom is -0.456 e. The van der Waals surface area contributed by atoms with E-state index < -0.39 is 0 Å². The maximum Gasteiger partial charge on any atom is 0.135 e. The first-order valence-corrected chi connectivity index (χ1v) is 5.88. The Morgan fingerprint density at radius 2 is 1.89 bits per heavy atom. The summed E-state index contributed by atoms with van der Waals surface area (Å²) in [6.07, 6.45) is 1.52. The first-order valence-electron chi connectivity index (χ1n) is 5.88. The summed E-state index contributed by atoms with van der Waals surface area (Å²) in [6.45, 7) is 1.99. The monoisotopic (exact) mass is 239 g/mol. The Kier molecular flexibility index (Phi) is 2.52. The fourth-order valence-corrected chi connectivity index (χ4v) is 2.21. The number of rotatable bonds is 2. The van der Waals surface area contributed by atoms with Crippen LogP contribution in [0, 0.1) is 0 Å². The molecule has 18 heavy (non-hydrogen) atoms. The molecule has 1 N–H and O–H groups in total. The highest BCUT2D eigenvalue weighted by Gasteiger charge is 2.09. The summed E-state index contributed by atoms with van der Waals surface area (Å²) in [5.74, 6) is 0.0769. The Bertz CT molecular complexity index is 728. The fraction of sp³-hybridized carbons (Fsp3) is 0.133. The lowest BCUT2D eigenvalue weighted by Gasteiger charge is -2.04. The Morgan fingerprint density at radius 1 is 1.11 bits per heavy atom. The number of hydrogen-bond donors (Lipinski definition) is 1. The van der Waals surface area contributed by atoms with Gasteiger partial charge in [-0.1, -0.05) is 31.2 Å². The lowest BCUT2D eigenvalue weighted by Crippen LogP contribution is -1.93. The van der Waals surface area contributed by atoms with Gasteiger partial charge < -0.3 is 9.62 Å². The largest absolute Gasteiger partial charge is 0.456 e. The van der Waals surface area contributed by atoms with Crippen LogP contribution in [-0.2, 0) is 0 Å². The van der Waals surface area contributed by atoms with E-state index in [2.05, 4.69) is 17.3 Å². The van der Waals surface area contributed by atoms with Crippen molar-refractivity contribution < 1.29 is 9.62 Å². The van der Waals surface area contributed by atoms with Gasteiger partial charge in [-0.25, -0.2) is 0 Å². The fourth-order valence-electron chi connectivity index (χ4n) is 2.21.